The van der Waals surface area contributed by atoms with Gasteiger partial charge in [-0.2, -0.15) is 0 Å². The van der Waals surface area contributed by atoms with Gasteiger partial charge >= 0.3 is 0 Å². The van der Waals surface area contributed by atoms with Crippen LogP contribution in [0.1, 0.15) is 19.8 Å². The second kappa shape index (κ2) is 5.59. The fraction of sp³-hybridized carbons (Fsp3) is 0.417. The summed E-state index contributed by atoms with van der Waals surface area (Å²) in [7, 11) is 0. The second-order valence-electron chi connectivity index (χ2n) is 4.35. The van der Waals surface area contributed by atoms with Crippen LogP contribution < -0.4 is 11.1 Å². The molecule has 18 heavy (non-hydrogen) atoms. The SMILES string of the molecule is CC1CCC(C(=O)Nc2c(N)cc(Br)cc2Br)O1. The fourth-order valence-corrected chi connectivity index (χ4v) is 3.28. The van der Waals surface area contributed by atoms with E-state index >= 15 is 0 Å². The Morgan fingerprint density at radius 3 is 2.72 bits per heavy atom. The maximum absolute atomic E-state index is 12.0. The Bertz CT molecular complexity index is 456. The van der Waals surface area contributed by atoms with Gasteiger partial charge in [-0.1, -0.05) is 15.9 Å². The third kappa shape index (κ3) is 3.05. The summed E-state index contributed by atoms with van der Waals surface area (Å²) in [5.41, 5.74) is 6.98. The highest BCUT2D eigenvalue weighted by Gasteiger charge is 2.28. The molecule has 1 saturated heterocycles. The molecule has 1 aliphatic heterocycles. The standard InChI is InChI=1S/C12H14Br2N2O2/c1-6-2-3-10(18-6)12(17)16-11-8(14)4-7(13)5-9(11)15/h4-6,10H,2-3,15H2,1H3,(H,16,17). The van der Waals surface area contributed by atoms with E-state index in [1.165, 1.54) is 0 Å². The van der Waals surface area contributed by atoms with Gasteiger partial charge < -0.3 is 15.8 Å². The first-order valence-corrected chi connectivity index (χ1v) is 7.27. The number of rotatable bonds is 2. The molecule has 1 fully saturated rings. The Balaban J connectivity index is 2.12. The molecule has 0 aromatic heterocycles. The summed E-state index contributed by atoms with van der Waals surface area (Å²) in [6.45, 7) is 1.97. The van der Waals surface area contributed by atoms with Crippen molar-refractivity contribution in [2.75, 3.05) is 11.1 Å². The van der Waals surface area contributed by atoms with Crippen LogP contribution in [-0.2, 0) is 9.53 Å². The van der Waals surface area contributed by atoms with E-state index in [1.807, 2.05) is 13.0 Å². The third-order valence-corrected chi connectivity index (χ3v) is 3.94. The average Bonchev–Trinajstić information content (AvgIpc) is 2.70. The summed E-state index contributed by atoms with van der Waals surface area (Å²) < 4.78 is 7.12. The summed E-state index contributed by atoms with van der Waals surface area (Å²) in [5.74, 6) is -0.144. The number of amides is 1. The van der Waals surface area contributed by atoms with E-state index in [9.17, 15) is 4.79 Å². The smallest absolute Gasteiger partial charge is 0.253 e. The minimum atomic E-state index is -0.380. The van der Waals surface area contributed by atoms with E-state index in [0.717, 1.165) is 21.8 Å². The van der Waals surface area contributed by atoms with Crippen molar-refractivity contribution in [1.29, 1.82) is 0 Å². The molecule has 0 aliphatic carbocycles. The van der Waals surface area contributed by atoms with E-state index in [4.69, 9.17) is 10.5 Å². The van der Waals surface area contributed by atoms with Gasteiger partial charge in [0.1, 0.15) is 6.10 Å². The first kappa shape index (κ1) is 13.8. The minimum Gasteiger partial charge on any atom is -0.397 e. The van der Waals surface area contributed by atoms with Crippen molar-refractivity contribution in [3.05, 3.63) is 21.1 Å². The Kier molecular flexibility index (Phi) is 4.29. The molecule has 6 heteroatoms. The largest absolute Gasteiger partial charge is 0.397 e. The van der Waals surface area contributed by atoms with Crippen LogP contribution in [0.3, 0.4) is 0 Å². The molecule has 0 bridgehead atoms. The first-order chi connectivity index (χ1) is 8.47. The van der Waals surface area contributed by atoms with Crippen molar-refractivity contribution in [1.82, 2.24) is 0 Å². The minimum absolute atomic E-state index is 0.144. The van der Waals surface area contributed by atoms with Crippen molar-refractivity contribution in [2.24, 2.45) is 0 Å². The van der Waals surface area contributed by atoms with Gasteiger partial charge in [0, 0.05) is 8.95 Å². The normalized spacial score (nSPS) is 23.1. The lowest BCUT2D eigenvalue weighted by Gasteiger charge is -2.14. The Hall–Kier alpha value is -0.590. The van der Waals surface area contributed by atoms with E-state index in [-0.39, 0.29) is 18.1 Å². The highest BCUT2D eigenvalue weighted by atomic mass is 79.9. The number of carbonyl (C=O) groups is 1. The highest BCUT2D eigenvalue weighted by Crippen LogP contribution is 2.33. The van der Waals surface area contributed by atoms with Gasteiger partial charge in [0.05, 0.1) is 17.5 Å². The lowest BCUT2D eigenvalue weighted by molar-refractivity contribution is -0.126. The van der Waals surface area contributed by atoms with Crippen LogP contribution in [0.25, 0.3) is 0 Å². The molecule has 4 nitrogen and oxygen atoms in total. The molecule has 1 aliphatic rings. The number of hydrogen-bond acceptors (Lipinski definition) is 3. The van der Waals surface area contributed by atoms with Crippen molar-refractivity contribution in [2.45, 2.75) is 32.0 Å². The average molecular weight is 378 g/mol. The van der Waals surface area contributed by atoms with Crippen molar-refractivity contribution in [3.8, 4) is 0 Å². The van der Waals surface area contributed by atoms with Gasteiger partial charge in [-0.15, -0.1) is 0 Å². The summed E-state index contributed by atoms with van der Waals surface area (Å²) in [4.78, 5) is 12.0. The fourth-order valence-electron chi connectivity index (χ4n) is 1.92. The molecule has 1 aromatic carbocycles. The Morgan fingerprint density at radius 1 is 1.44 bits per heavy atom. The lowest BCUT2D eigenvalue weighted by Crippen LogP contribution is -2.28. The zero-order chi connectivity index (χ0) is 13.3. The Labute approximate surface area is 123 Å². The predicted molar refractivity (Wildman–Crippen MR) is 78.5 cm³/mol. The Morgan fingerprint density at radius 2 is 2.17 bits per heavy atom. The van der Waals surface area contributed by atoms with Gasteiger partial charge in [-0.05, 0) is 47.8 Å². The van der Waals surface area contributed by atoms with Crippen LogP contribution in [-0.4, -0.2) is 18.1 Å². The zero-order valence-electron chi connectivity index (χ0n) is 9.87. The van der Waals surface area contributed by atoms with Gasteiger partial charge in [0.15, 0.2) is 0 Å². The third-order valence-electron chi connectivity index (χ3n) is 2.86. The molecule has 2 atom stereocenters. The van der Waals surface area contributed by atoms with Gasteiger partial charge in [-0.25, -0.2) is 0 Å². The van der Waals surface area contributed by atoms with Crippen LogP contribution in [0.4, 0.5) is 11.4 Å². The number of halogens is 2. The molecule has 0 spiro atoms. The molecule has 2 rings (SSSR count). The number of anilines is 2. The highest BCUT2D eigenvalue weighted by molar-refractivity contribution is 9.11. The molecule has 1 heterocycles. The molecule has 1 amide bonds. The number of benzene rings is 1. The van der Waals surface area contributed by atoms with E-state index in [0.29, 0.717) is 11.4 Å². The summed E-state index contributed by atoms with van der Waals surface area (Å²) in [6, 6.07) is 3.59. The van der Waals surface area contributed by atoms with E-state index < -0.39 is 0 Å². The van der Waals surface area contributed by atoms with Gasteiger partial charge in [0.2, 0.25) is 0 Å². The molecule has 0 radical (unpaired) electrons. The van der Waals surface area contributed by atoms with Crippen LogP contribution in [0.5, 0.6) is 0 Å². The summed E-state index contributed by atoms with van der Waals surface area (Å²) in [6.07, 6.45) is 1.43. The summed E-state index contributed by atoms with van der Waals surface area (Å²) >= 11 is 6.72. The molecule has 0 saturated carbocycles. The monoisotopic (exact) mass is 376 g/mol. The lowest BCUT2D eigenvalue weighted by atomic mass is 10.2. The van der Waals surface area contributed by atoms with Crippen molar-refractivity contribution >= 4 is 49.1 Å². The number of nitrogen functional groups attached to an aromatic ring is 1. The quantitative estimate of drug-likeness (QED) is 0.777. The maximum Gasteiger partial charge on any atom is 0.253 e. The summed E-state index contributed by atoms with van der Waals surface area (Å²) in [5, 5.41) is 2.81. The number of carbonyl (C=O) groups excluding carboxylic acids is 1. The maximum atomic E-state index is 12.0. The topological polar surface area (TPSA) is 64.4 Å². The predicted octanol–water partition coefficient (Wildman–Crippen LogP) is 3.30. The molecular formula is C12H14Br2N2O2. The number of nitrogens with one attached hydrogen (secondary N) is 1. The molecule has 3 N–H and O–H groups in total. The van der Waals surface area contributed by atoms with Crippen LogP contribution in [0.15, 0.2) is 21.1 Å². The molecule has 2 unspecified atom stereocenters. The van der Waals surface area contributed by atoms with Crippen molar-refractivity contribution < 1.29 is 9.53 Å². The van der Waals surface area contributed by atoms with Gasteiger partial charge in [-0.3, -0.25) is 4.79 Å². The zero-order valence-corrected chi connectivity index (χ0v) is 13.0. The van der Waals surface area contributed by atoms with E-state index in [1.54, 1.807) is 6.07 Å². The number of hydrogen-bond donors (Lipinski definition) is 2. The molecule has 1 aromatic rings. The van der Waals surface area contributed by atoms with Crippen LogP contribution >= 0.6 is 31.9 Å². The van der Waals surface area contributed by atoms with Crippen LogP contribution in [0, 0.1) is 0 Å². The van der Waals surface area contributed by atoms with Crippen molar-refractivity contribution in [3.63, 3.8) is 0 Å². The van der Waals surface area contributed by atoms with E-state index in [2.05, 4.69) is 37.2 Å². The number of nitrogens with two attached hydrogens (primary N) is 1. The number of ether oxygens (including phenoxy) is 1. The van der Waals surface area contributed by atoms with Crippen LogP contribution in [0.2, 0.25) is 0 Å². The second-order valence-corrected chi connectivity index (χ2v) is 6.12. The molecular weight excluding hydrogens is 364 g/mol. The first-order valence-electron chi connectivity index (χ1n) is 5.68. The van der Waals surface area contributed by atoms with Gasteiger partial charge in [0.25, 0.3) is 5.91 Å². The molecule has 98 valence electrons.